The zero-order valence-corrected chi connectivity index (χ0v) is 14.0. The number of nitrogens with one attached hydrogen (secondary N) is 1. The fourth-order valence-corrected chi connectivity index (χ4v) is 2.09. The Balaban J connectivity index is 1.99. The molecular formula is C16H23N5O2. The highest BCUT2D eigenvalue weighted by Gasteiger charge is 2.14. The van der Waals surface area contributed by atoms with Gasteiger partial charge < -0.3 is 10.1 Å². The molecule has 2 aromatic heterocycles. The van der Waals surface area contributed by atoms with Crippen molar-refractivity contribution in [2.45, 2.75) is 32.6 Å². The van der Waals surface area contributed by atoms with Crippen molar-refractivity contribution in [1.29, 1.82) is 0 Å². The van der Waals surface area contributed by atoms with E-state index < -0.39 is 0 Å². The predicted octanol–water partition coefficient (Wildman–Crippen LogP) is 1.70. The van der Waals surface area contributed by atoms with Crippen molar-refractivity contribution in [1.82, 2.24) is 19.7 Å². The highest BCUT2D eigenvalue weighted by Crippen LogP contribution is 2.11. The van der Waals surface area contributed by atoms with E-state index in [9.17, 15) is 4.79 Å². The summed E-state index contributed by atoms with van der Waals surface area (Å²) in [7, 11) is 3.46. The lowest BCUT2D eigenvalue weighted by Gasteiger charge is -2.06. The molecule has 0 atom stereocenters. The average Bonchev–Trinajstić information content (AvgIpc) is 2.87. The molecule has 0 aliphatic carbocycles. The Morgan fingerprint density at radius 2 is 2.22 bits per heavy atom. The van der Waals surface area contributed by atoms with Crippen LogP contribution in [-0.4, -0.2) is 39.4 Å². The molecule has 2 rings (SSSR count). The van der Waals surface area contributed by atoms with Crippen LogP contribution in [0.5, 0.6) is 0 Å². The number of amides is 1. The van der Waals surface area contributed by atoms with Crippen LogP contribution in [0.1, 0.15) is 37.0 Å². The molecule has 0 saturated carbocycles. The van der Waals surface area contributed by atoms with E-state index >= 15 is 0 Å². The minimum Gasteiger partial charge on any atom is -0.384 e. The van der Waals surface area contributed by atoms with Crippen LogP contribution < -0.4 is 5.32 Å². The molecule has 0 aliphatic rings. The van der Waals surface area contributed by atoms with E-state index in [2.05, 4.69) is 20.4 Å². The van der Waals surface area contributed by atoms with Crippen LogP contribution in [0.25, 0.3) is 0 Å². The van der Waals surface area contributed by atoms with Gasteiger partial charge in [-0.3, -0.25) is 9.48 Å². The Bertz CT molecular complexity index is 666. The van der Waals surface area contributed by atoms with Gasteiger partial charge in [-0.15, -0.1) is 0 Å². The van der Waals surface area contributed by atoms with Crippen molar-refractivity contribution in [2.75, 3.05) is 19.0 Å². The summed E-state index contributed by atoms with van der Waals surface area (Å²) >= 11 is 0. The number of ether oxygens (including phenoxy) is 1. The van der Waals surface area contributed by atoms with Crippen molar-refractivity contribution in [3.63, 3.8) is 0 Å². The molecule has 7 nitrogen and oxygen atoms in total. The van der Waals surface area contributed by atoms with Gasteiger partial charge in [-0.2, -0.15) is 5.10 Å². The van der Waals surface area contributed by atoms with Crippen LogP contribution in [0.4, 0.5) is 5.82 Å². The molecule has 1 amide bonds. The van der Waals surface area contributed by atoms with Crippen LogP contribution in [0, 0.1) is 0 Å². The first-order valence-corrected chi connectivity index (χ1v) is 7.63. The van der Waals surface area contributed by atoms with Crippen molar-refractivity contribution < 1.29 is 9.53 Å². The molecule has 0 fully saturated rings. The summed E-state index contributed by atoms with van der Waals surface area (Å²) in [6.07, 6.45) is 2.63. The van der Waals surface area contributed by atoms with E-state index in [-0.39, 0.29) is 18.2 Å². The van der Waals surface area contributed by atoms with Gasteiger partial charge in [0, 0.05) is 26.3 Å². The second-order valence-electron chi connectivity index (χ2n) is 5.68. The molecule has 0 aliphatic heterocycles. The molecule has 0 spiro atoms. The summed E-state index contributed by atoms with van der Waals surface area (Å²) in [6.45, 7) is 4.68. The third-order valence-electron chi connectivity index (χ3n) is 3.39. The molecule has 2 aromatic rings. The lowest BCUT2D eigenvalue weighted by Crippen LogP contribution is -2.18. The number of carbonyl (C=O) groups is 1. The predicted molar refractivity (Wildman–Crippen MR) is 87.2 cm³/mol. The number of aryl methyl sites for hydroxylation is 1. The smallest absolute Gasteiger partial charge is 0.233 e. The maximum absolute atomic E-state index is 12.2. The summed E-state index contributed by atoms with van der Waals surface area (Å²) in [5, 5.41) is 7.12. The molecule has 0 saturated heterocycles. The number of nitrogens with zero attached hydrogens (tertiary/aromatic N) is 4. The van der Waals surface area contributed by atoms with Crippen LogP contribution in [-0.2, 0) is 29.4 Å². The van der Waals surface area contributed by atoms with E-state index in [1.165, 1.54) is 0 Å². The van der Waals surface area contributed by atoms with E-state index in [0.29, 0.717) is 18.2 Å². The summed E-state index contributed by atoms with van der Waals surface area (Å²) < 4.78 is 6.70. The van der Waals surface area contributed by atoms with Gasteiger partial charge in [0.15, 0.2) is 5.82 Å². The topological polar surface area (TPSA) is 81.9 Å². The Morgan fingerprint density at radius 3 is 2.87 bits per heavy atom. The molecule has 0 bridgehead atoms. The molecule has 0 radical (unpaired) electrons. The number of rotatable bonds is 7. The van der Waals surface area contributed by atoms with Gasteiger partial charge >= 0.3 is 0 Å². The lowest BCUT2D eigenvalue weighted by atomic mass is 10.2. The standard InChI is InChI=1S/C16H23N5O2/c1-11(2)16-19-14(21(3)20-16)10-15(22)18-13-9-12(5-7-17-13)6-8-23-4/h5,7,9,11H,6,8,10H2,1-4H3,(H,17,18,22). The van der Waals surface area contributed by atoms with Crippen molar-refractivity contribution in [3.05, 3.63) is 35.5 Å². The number of methoxy groups -OCH3 is 1. The van der Waals surface area contributed by atoms with Crippen LogP contribution in [0.3, 0.4) is 0 Å². The second kappa shape index (κ2) is 7.82. The van der Waals surface area contributed by atoms with Crippen molar-refractivity contribution in [3.8, 4) is 0 Å². The fourth-order valence-electron chi connectivity index (χ4n) is 2.09. The third kappa shape index (κ3) is 4.85. The number of anilines is 1. The first-order valence-electron chi connectivity index (χ1n) is 7.63. The SMILES string of the molecule is COCCc1ccnc(NC(=O)Cc2nc(C(C)C)nn2C)c1. The molecular weight excluding hydrogens is 294 g/mol. The monoisotopic (exact) mass is 317 g/mol. The van der Waals surface area contributed by atoms with Gasteiger partial charge in [0.25, 0.3) is 0 Å². The van der Waals surface area contributed by atoms with E-state index in [4.69, 9.17) is 4.74 Å². The number of aromatic nitrogens is 4. The van der Waals surface area contributed by atoms with Gasteiger partial charge in [0.05, 0.1) is 13.0 Å². The van der Waals surface area contributed by atoms with Crippen molar-refractivity contribution >= 4 is 11.7 Å². The summed E-state index contributed by atoms with van der Waals surface area (Å²) in [5.74, 6) is 2.00. The lowest BCUT2D eigenvalue weighted by molar-refractivity contribution is -0.115. The summed E-state index contributed by atoms with van der Waals surface area (Å²) in [5.41, 5.74) is 1.07. The number of pyridine rings is 1. The first kappa shape index (κ1) is 17.1. The minimum absolute atomic E-state index is 0.160. The van der Waals surface area contributed by atoms with Crippen LogP contribution >= 0.6 is 0 Å². The minimum atomic E-state index is -0.160. The zero-order chi connectivity index (χ0) is 16.8. The third-order valence-corrected chi connectivity index (χ3v) is 3.39. The fraction of sp³-hybridized carbons (Fsp3) is 0.500. The molecule has 0 unspecified atom stereocenters. The molecule has 7 heteroatoms. The van der Waals surface area contributed by atoms with Gasteiger partial charge in [-0.1, -0.05) is 13.8 Å². The second-order valence-corrected chi connectivity index (χ2v) is 5.68. The van der Waals surface area contributed by atoms with Gasteiger partial charge in [0.2, 0.25) is 5.91 Å². The maximum atomic E-state index is 12.2. The number of hydrogen-bond acceptors (Lipinski definition) is 5. The van der Waals surface area contributed by atoms with Crippen LogP contribution in [0.2, 0.25) is 0 Å². The number of carbonyl (C=O) groups excluding carboxylic acids is 1. The average molecular weight is 317 g/mol. The molecule has 0 aromatic carbocycles. The van der Waals surface area contributed by atoms with Crippen LogP contribution in [0.15, 0.2) is 18.3 Å². The Hall–Kier alpha value is -2.28. The molecule has 2 heterocycles. The van der Waals surface area contributed by atoms with Gasteiger partial charge in [-0.05, 0) is 24.1 Å². The maximum Gasteiger partial charge on any atom is 0.233 e. The quantitative estimate of drug-likeness (QED) is 0.840. The normalized spacial score (nSPS) is 11.0. The van der Waals surface area contributed by atoms with E-state index in [1.54, 1.807) is 25.0 Å². The first-order chi connectivity index (χ1) is 11.0. The Kier molecular flexibility index (Phi) is 5.81. The summed E-state index contributed by atoms with van der Waals surface area (Å²) in [4.78, 5) is 20.8. The van der Waals surface area contributed by atoms with E-state index in [0.717, 1.165) is 17.8 Å². The zero-order valence-electron chi connectivity index (χ0n) is 14.0. The van der Waals surface area contributed by atoms with Gasteiger partial charge in [0.1, 0.15) is 11.6 Å². The largest absolute Gasteiger partial charge is 0.384 e. The Labute approximate surface area is 136 Å². The Morgan fingerprint density at radius 1 is 1.43 bits per heavy atom. The highest BCUT2D eigenvalue weighted by molar-refractivity contribution is 5.90. The van der Waals surface area contributed by atoms with Crippen molar-refractivity contribution in [2.24, 2.45) is 7.05 Å². The molecule has 23 heavy (non-hydrogen) atoms. The van der Waals surface area contributed by atoms with Gasteiger partial charge in [-0.25, -0.2) is 9.97 Å². The molecule has 1 N–H and O–H groups in total. The molecule has 124 valence electrons. The highest BCUT2D eigenvalue weighted by atomic mass is 16.5. The summed E-state index contributed by atoms with van der Waals surface area (Å²) in [6, 6.07) is 3.76. The number of hydrogen-bond donors (Lipinski definition) is 1. The van der Waals surface area contributed by atoms with E-state index in [1.807, 2.05) is 26.0 Å².